The fraction of sp³-hybridized carbons (Fsp3) is 0.500. The third-order valence-corrected chi connectivity index (χ3v) is 6.10. The van der Waals surface area contributed by atoms with E-state index >= 15 is 0 Å². The van der Waals surface area contributed by atoms with Crippen LogP contribution in [-0.4, -0.2) is 31.9 Å². The maximum Gasteiger partial charge on any atom is 0.243 e. The lowest BCUT2D eigenvalue weighted by Crippen LogP contribution is -2.44. The summed E-state index contributed by atoms with van der Waals surface area (Å²) in [5, 5.41) is 8.98. The van der Waals surface area contributed by atoms with E-state index < -0.39 is 10.0 Å². The molecule has 0 aliphatic carbocycles. The van der Waals surface area contributed by atoms with Gasteiger partial charge in [-0.25, -0.2) is 8.42 Å². The van der Waals surface area contributed by atoms with Gasteiger partial charge in [0.1, 0.15) is 0 Å². The van der Waals surface area contributed by atoms with Crippen molar-refractivity contribution in [3.05, 3.63) is 28.2 Å². The van der Waals surface area contributed by atoms with E-state index in [4.69, 9.17) is 11.0 Å². The van der Waals surface area contributed by atoms with Gasteiger partial charge in [-0.3, -0.25) is 0 Å². The molecule has 1 saturated heterocycles. The molecule has 0 radical (unpaired) electrons. The number of hydrogen-bond donors (Lipinski definition) is 1. The monoisotopic (exact) mass is 371 g/mol. The number of rotatable bonds is 3. The lowest BCUT2D eigenvalue weighted by atomic mass is 9.93. The summed E-state index contributed by atoms with van der Waals surface area (Å²) in [5.74, 6) is 0.177. The zero-order valence-corrected chi connectivity index (χ0v) is 14.2. The van der Waals surface area contributed by atoms with Crippen LogP contribution in [0.25, 0.3) is 0 Å². The van der Waals surface area contributed by atoms with Gasteiger partial charge in [-0.2, -0.15) is 9.57 Å². The van der Waals surface area contributed by atoms with E-state index in [0.717, 1.165) is 12.8 Å². The molecule has 0 saturated carbocycles. The normalized spacial score (nSPS) is 21.7. The molecule has 1 aromatic carbocycles. The lowest BCUT2D eigenvalue weighted by molar-refractivity contribution is 0.243. The number of nitrogens with two attached hydrogens (primary N) is 1. The predicted molar refractivity (Wildman–Crippen MR) is 84.0 cm³/mol. The summed E-state index contributed by atoms with van der Waals surface area (Å²) in [6, 6.07) is 6.49. The summed E-state index contributed by atoms with van der Waals surface area (Å²) < 4.78 is 27.5. The largest absolute Gasteiger partial charge is 0.328 e. The summed E-state index contributed by atoms with van der Waals surface area (Å²) >= 11 is 3.25. The highest BCUT2D eigenvalue weighted by Crippen LogP contribution is 2.27. The van der Waals surface area contributed by atoms with Crippen LogP contribution >= 0.6 is 15.9 Å². The first-order valence-corrected chi connectivity index (χ1v) is 9.04. The first-order valence-electron chi connectivity index (χ1n) is 6.81. The van der Waals surface area contributed by atoms with E-state index in [2.05, 4.69) is 15.9 Å². The van der Waals surface area contributed by atoms with E-state index in [1.165, 1.54) is 16.4 Å². The Bertz CT molecular complexity index is 667. The van der Waals surface area contributed by atoms with E-state index in [-0.39, 0.29) is 16.9 Å². The molecular formula is C14H18BrN3O2S. The maximum atomic E-state index is 12.7. The fourth-order valence-electron chi connectivity index (χ4n) is 2.55. The summed E-state index contributed by atoms with van der Waals surface area (Å²) in [5.41, 5.74) is 6.23. The van der Waals surface area contributed by atoms with Crippen molar-refractivity contribution < 1.29 is 8.42 Å². The number of halogens is 1. The molecule has 0 bridgehead atoms. The van der Waals surface area contributed by atoms with Gasteiger partial charge in [-0.05, 0) is 43.9 Å². The highest BCUT2D eigenvalue weighted by molar-refractivity contribution is 9.10. The van der Waals surface area contributed by atoms with Crippen molar-refractivity contribution >= 4 is 26.0 Å². The van der Waals surface area contributed by atoms with Gasteiger partial charge < -0.3 is 5.73 Å². The standard InChI is InChI=1S/C14H18BrN3O2S/c1-10(17)12-3-2-4-18(9-12)21(19,20)14-6-11(8-16)5-13(15)7-14/h5-7,10,12H,2-4,9,17H2,1H3. The van der Waals surface area contributed by atoms with Gasteiger partial charge in [-0.1, -0.05) is 15.9 Å². The minimum absolute atomic E-state index is 0.0276. The van der Waals surface area contributed by atoms with E-state index in [9.17, 15) is 8.42 Å². The summed E-state index contributed by atoms with van der Waals surface area (Å²) in [6.07, 6.45) is 1.76. The van der Waals surface area contributed by atoms with Gasteiger partial charge >= 0.3 is 0 Å². The number of piperidine rings is 1. The quantitative estimate of drug-likeness (QED) is 0.880. The third-order valence-electron chi connectivity index (χ3n) is 3.80. The zero-order chi connectivity index (χ0) is 15.6. The lowest BCUT2D eigenvalue weighted by Gasteiger charge is -2.33. The van der Waals surface area contributed by atoms with Crippen LogP contribution < -0.4 is 5.73 Å². The first-order chi connectivity index (χ1) is 9.84. The van der Waals surface area contributed by atoms with Gasteiger partial charge in [-0.15, -0.1) is 0 Å². The van der Waals surface area contributed by atoms with Crippen molar-refractivity contribution in [2.24, 2.45) is 11.7 Å². The molecule has 7 heteroatoms. The van der Waals surface area contributed by atoms with E-state index in [0.29, 0.717) is 23.1 Å². The summed E-state index contributed by atoms with van der Waals surface area (Å²) in [7, 11) is -3.59. The SMILES string of the molecule is CC(N)C1CCCN(S(=O)(=O)c2cc(Br)cc(C#N)c2)C1. The fourth-order valence-corrected chi connectivity index (χ4v) is 4.80. The van der Waals surface area contributed by atoms with Gasteiger partial charge in [0.25, 0.3) is 0 Å². The molecule has 2 unspecified atom stereocenters. The van der Waals surface area contributed by atoms with Gasteiger partial charge in [0.05, 0.1) is 16.5 Å². The Morgan fingerprint density at radius 1 is 1.48 bits per heavy atom. The first kappa shape index (κ1) is 16.4. The highest BCUT2D eigenvalue weighted by atomic mass is 79.9. The van der Waals surface area contributed by atoms with Crippen LogP contribution in [0.2, 0.25) is 0 Å². The smallest absolute Gasteiger partial charge is 0.243 e. The summed E-state index contributed by atoms with van der Waals surface area (Å²) in [6.45, 7) is 2.85. The van der Waals surface area contributed by atoms with Crippen molar-refractivity contribution in [2.45, 2.75) is 30.7 Å². The molecule has 1 aromatic rings. The second kappa shape index (κ2) is 6.44. The number of benzene rings is 1. The Balaban J connectivity index is 2.34. The molecule has 21 heavy (non-hydrogen) atoms. The van der Waals surface area contributed by atoms with E-state index in [1.54, 1.807) is 6.07 Å². The molecular weight excluding hydrogens is 354 g/mol. The molecule has 2 rings (SSSR count). The molecule has 5 nitrogen and oxygen atoms in total. The zero-order valence-electron chi connectivity index (χ0n) is 11.8. The maximum absolute atomic E-state index is 12.7. The second-order valence-electron chi connectivity index (χ2n) is 5.41. The minimum Gasteiger partial charge on any atom is -0.328 e. The van der Waals surface area contributed by atoms with Crippen molar-refractivity contribution in [2.75, 3.05) is 13.1 Å². The third kappa shape index (κ3) is 3.64. The van der Waals surface area contributed by atoms with Crippen LogP contribution in [0, 0.1) is 17.2 Å². The van der Waals surface area contributed by atoms with Crippen LogP contribution in [0.4, 0.5) is 0 Å². The molecule has 1 fully saturated rings. The Kier molecular flexibility index (Phi) is 5.04. The molecule has 1 aliphatic rings. The Morgan fingerprint density at radius 2 is 2.19 bits per heavy atom. The topological polar surface area (TPSA) is 87.2 Å². The molecule has 1 heterocycles. The van der Waals surface area contributed by atoms with Crippen LogP contribution in [0.15, 0.2) is 27.6 Å². The van der Waals surface area contributed by atoms with Gasteiger partial charge in [0.2, 0.25) is 10.0 Å². The Morgan fingerprint density at radius 3 is 2.81 bits per heavy atom. The molecule has 2 atom stereocenters. The Hall–Kier alpha value is -0.940. The average Bonchev–Trinajstić information content (AvgIpc) is 2.46. The van der Waals surface area contributed by atoms with Crippen LogP contribution in [-0.2, 0) is 10.0 Å². The van der Waals surface area contributed by atoms with Gasteiger partial charge in [0, 0.05) is 23.6 Å². The highest BCUT2D eigenvalue weighted by Gasteiger charge is 2.31. The molecule has 114 valence electrons. The summed E-state index contributed by atoms with van der Waals surface area (Å²) in [4.78, 5) is 0.152. The van der Waals surface area contributed by atoms with Crippen LogP contribution in [0.3, 0.4) is 0 Å². The number of hydrogen-bond acceptors (Lipinski definition) is 4. The van der Waals surface area contributed by atoms with Crippen LogP contribution in [0.1, 0.15) is 25.3 Å². The minimum atomic E-state index is -3.59. The number of nitriles is 1. The van der Waals surface area contributed by atoms with E-state index in [1.807, 2.05) is 13.0 Å². The van der Waals surface area contributed by atoms with Gasteiger partial charge in [0.15, 0.2) is 0 Å². The second-order valence-corrected chi connectivity index (χ2v) is 8.27. The molecule has 2 N–H and O–H groups in total. The molecule has 0 aromatic heterocycles. The predicted octanol–water partition coefficient (Wildman–Crippen LogP) is 2.07. The van der Waals surface area contributed by atoms with Crippen molar-refractivity contribution in [3.63, 3.8) is 0 Å². The molecule has 0 spiro atoms. The number of sulfonamides is 1. The molecule has 0 amide bonds. The molecule has 1 aliphatic heterocycles. The van der Waals surface area contributed by atoms with Crippen molar-refractivity contribution in [1.29, 1.82) is 5.26 Å². The van der Waals surface area contributed by atoms with Crippen LogP contribution in [0.5, 0.6) is 0 Å². The Labute approximate surface area is 133 Å². The van der Waals surface area contributed by atoms with Crippen molar-refractivity contribution in [1.82, 2.24) is 4.31 Å². The van der Waals surface area contributed by atoms with Crippen molar-refractivity contribution in [3.8, 4) is 6.07 Å². The average molecular weight is 372 g/mol. The number of nitrogens with zero attached hydrogens (tertiary/aromatic N) is 2.